The topological polar surface area (TPSA) is 157 Å². The van der Waals surface area contributed by atoms with Crippen LogP contribution in [0.3, 0.4) is 0 Å². The molecule has 3 rings (SSSR count). The largest absolute Gasteiger partial charge is 0.467 e. The summed E-state index contributed by atoms with van der Waals surface area (Å²) in [4.78, 5) is 62.8. The maximum absolute atomic E-state index is 13.4. The number of nitrogens with two attached hydrogens (primary N) is 1. The molecule has 5 N–H and O–H groups in total. The molecular formula is C29H34Cl2N4O6. The molecule has 0 saturated heterocycles. The van der Waals surface area contributed by atoms with E-state index < -0.39 is 40.6 Å². The van der Waals surface area contributed by atoms with Gasteiger partial charge < -0.3 is 26.4 Å². The molecule has 3 atom stereocenters. The molecule has 1 aliphatic carbocycles. The highest BCUT2D eigenvalue weighted by Crippen LogP contribution is 2.56. The van der Waals surface area contributed by atoms with Gasteiger partial charge in [-0.1, -0.05) is 62.2 Å². The van der Waals surface area contributed by atoms with E-state index in [-0.39, 0.29) is 40.4 Å². The van der Waals surface area contributed by atoms with Crippen LogP contribution in [0.15, 0.2) is 42.5 Å². The van der Waals surface area contributed by atoms with E-state index >= 15 is 0 Å². The van der Waals surface area contributed by atoms with E-state index in [0.29, 0.717) is 24.1 Å². The number of esters is 1. The fourth-order valence-electron chi connectivity index (χ4n) is 5.20. The Kier molecular flexibility index (Phi) is 10.0. The Morgan fingerprint density at radius 3 is 2.20 bits per heavy atom. The lowest BCUT2D eigenvalue weighted by molar-refractivity contribution is -0.147. The van der Waals surface area contributed by atoms with E-state index in [1.54, 1.807) is 49.4 Å². The van der Waals surface area contributed by atoms with Crippen molar-refractivity contribution in [2.24, 2.45) is 22.5 Å². The third-order valence-corrected chi connectivity index (χ3v) is 8.74. The minimum absolute atomic E-state index is 0.131. The van der Waals surface area contributed by atoms with Crippen LogP contribution in [0.25, 0.3) is 0 Å². The van der Waals surface area contributed by atoms with Crippen molar-refractivity contribution >= 4 is 58.5 Å². The predicted octanol–water partition coefficient (Wildman–Crippen LogP) is 3.49. The predicted molar refractivity (Wildman–Crippen MR) is 155 cm³/mol. The zero-order valence-electron chi connectivity index (χ0n) is 23.3. The Morgan fingerprint density at radius 2 is 1.63 bits per heavy atom. The van der Waals surface area contributed by atoms with Gasteiger partial charge in [-0.3, -0.25) is 19.2 Å². The van der Waals surface area contributed by atoms with Gasteiger partial charge in [0.1, 0.15) is 6.04 Å². The van der Waals surface area contributed by atoms with Gasteiger partial charge in [0.2, 0.25) is 17.7 Å². The van der Waals surface area contributed by atoms with Gasteiger partial charge >= 0.3 is 5.97 Å². The normalized spacial score (nSPS) is 20.0. The molecule has 4 amide bonds. The molecule has 41 heavy (non-hydrogen) atoms. The molecule has 1 saturated carbocycles. The van der Waals surface area contributed by atoms with Crippen LogP contribution >= 0.6 is 23.2 Å². The van der Waals surface area contributed by atoms with E-state index in [9.17, 15) is 24.0 Å². The summed E-state index contributed by atoms with van der Waals surface area (Å²) >= 11 is 12.2. The molecule has 12 heteroatoms. The fourth-order valence-corrected chi connectivity index (χ4v) is 5.77. The van der Waals surface area contributed by atoms with Crippen LogP contribution in [0.5, 0.6) is 0 Å². The van der Waals surface area contributed by atoms with E-state index in [0.717, 1.165) is 0 Å². The van der Waals surface area contributed by atoms with Gasteiger partial charge in [0, 0.05) is 18.0 Å². The maximum atomic E-state index is 13.4. The first kappa shape index (κ1) is 31.9. The van der Waals surface area contributed by atoms with Crippen LogP contribution in [0.4, 0.5) is 5.69 Å². The van der Waals surface area contributed by atoms with Crippen LogP contribution in [-0.4, -0.2) is 49.3 Å². The summed E-state index contributed by atoms with van der Waals surface area (Å²) in [6.45, 7) is 5.12. The summed E-state index contributed by atoms with van der Waals surface area (Å²) in [7, 11) is 1.24. The number of primary amides is 1. The molecule has 0 aliphatic heterocycles. The lowest BCUT2D eigenvalue weighted by atomic mass is 9.65. The molecule has 0 aromatic heterocycles. The number of methoxy groups -OCH3 is 1. The number of nitrogens with one attached hydrogen (secondary N) is 3. The highest BCUT2D eigenvalue weighted by atomic mass is 35.5. The summed E-state index contributed by atoms with van der Waals surface area (Å²) in [5.74, 6) is -3.06. The summed E-state index contributed by atoms with van der Waals surface area (Å²) in [6.07, 6.45) is 0.960. The smallest absolute Gasteiger partial charge is 0.328 e. The van der Waals surface area contributed by atoms with Gasteiger partial charge in [-0.2, -0.15) is 0 Å². The third kappa shape index (κ3) is 7.00. The first-order valence-corrected chi connectivity index (χ1v) is 13.8. The standard InChI is InChI=1S/C29H34Cl2N4O6/c1-28(2)18(12-13-29(28,3)27(40)33-15-22(32)36)24(37)35-21(26(39)41-4)14-16-8-10-17(11-9-16)34-25(38)23-19(30)6-5-7-20(23)31/h5-11,18,21H,12-15H2,1-4H3,(H2,32,36)(H,33,40)(H,34,38)(H,35,37)/t18-,21?,29+/m1/s1. The Hall–Kier alpha value is -3.63. The van der Waals surface area contributed by atoms with Crippen molar-refractivity contribution in [1.29, 1.82) is 0 Å². The summed E-state index contributed by atoms with van der Waals surface area (Å²) in [6, 6.07) is 10.5. The van der Waals surface area contributed by atoms with Crippen molar-refractivity contribution in [1.82, 2.24) is 10.6 Å². The van der Waals surface area contributed by atoms with E-state index in [2.05, 4.69) is 16.0 Å². The number of carbonyl (C=O) groups is 5. The molecular weight excluding hydrogens is 571 g/mol. The van der Waals surface area contributed by atoms with Crippen LogP contribution in [-0.2, 0) is 30.3 Å². The minimum atomic E-state index is -0.985. The molecule has 0 spiro atoms. The first-order chi connectivity index (χ1) is 19.2. The van der Waals surface area contributed by atoms with Gasteiger partial charge in [-0.15, -0.1) is 0 Å². The van der Waals surface area contributed by atoms with Gasteiger partial charge in [0.05, 0.1) is 34.7 Å². The second-order valence-corrected chi connectivity index (χ2v) is 11.6. The van der Waals surface area contributed by atoms with Gasteiger partial charge in [0.25, 0.3) is 5.91 Å². The second-order valence-electron chi connectivity index (χ2n) is 10.8. The average Bonchev–Trinajstić information content (AvgIpc) is 3.16. The summed E-state index contributed by atoms with van der Waals surface area (Å²) in [5.41, 5.74) is 4.78. The minimum Gasteiger partial charge on any atom is -0.467 e. The molecule has 0 heterocycles. The molecule has 0 radical (unpaired) electrons. The summed E-state index contributed by atoms with van der Waals surface area (Å²) < 4.78 is 4.94. The Balaban J connectivity index is 1.70. The van der Waals surface area contributed by atoms with Crippen LogP contribution in [0, 0.1) is 16.7 Å². The van der Waals surface area contributed by atoms with E-state index in [4.69, 9.17) is 33.7 Å². The van der Waals surface area contributed by atoms with Gasteiger partial charge in [-0.25, -0.2) is 4.79 Å². The lowest BCUT2D eigenvalue weighted by Crippen LogP contribution is -2.52. The van der Waals surface area contributed by atoms with Crippen molar-refractivity contribution in [2.75, 3.05) is 19.0 Å². The molecule has 2 aromatic carbocycles. The number of benzene rings is 2. The number of ether oxygens (including phenoxy) is 1. The van der Waals surface area contributed by atoms with Crippen molar-refractivity contribution in [2.45, 2.75) is 46.1 Å². The number of anilines is 1. The second kappa shape index (κ2) is 12.9. The van der Waals surface area contributed by atoms with Crippen LogP contribution in [0.1, 0.15) is 49.5 Å². The molecule has 1 aliphatic rings. The van der Waals surface area contributed by atoms with Gasteiger partial charge in [0.15, 0.2) is 0 Å². The van der Waals surface area contributed by atoms with Crippen molar-refractivity contribution in [3.8, 4) is 0 Å². The SMILES string of the molecule is COC(=O)C(Cc1ccc(NC(=O)c2c(Cl)cccc2Cl)cc1)NC(=O)[C@H]1CC[C@@](C)(C(=O)NCC(N)=O)C1(C)C. The molecule has 10 nitrogen and oxygen atoms in total. The van der Waals surface area contributed by atoms with Crippen molar-refractivity contribution < 1.29 is 28.7 Å². The zero-order valence-corrected chi connectivity index (χ0v) is 24.8. The highest BCUT2D eigenvalue weighted by molar-refractivity contribution is 6.40. The summed E-state index contributed by atoms with van der Waals surface area (Å²) in [5, 5.41) is 8.54. The monoisotopic (exact) mass is 604 g/mol. The first-order valence-electron chi connectivity index (χ1n) is 13.0. The number of carbonyl (C=O) groups excluding carboxylic acids is 5. The lowest BCUT2D eigenvalue weighted by Gasteiger charge is -2.40. The Bertz CT molecular complexity index is 1330. The number of halogens is 2. The quantitative estimate of drug-likeness (QED) is 0.304. The number of hydrogen-bond donors (Lipinski definition) is 4. The number of amides is 4. The molecule has 220 valence electrons. The van der Waals surface area contributed by atoms with E-state index in [1.165, 1.54) is 7.11 Å². The molecule has 1 fully saturated rings. The van der Waals surface area contributed by atoms with Crippen LogP contribution < -0.4 is 21.7 Å². The number of hydrogen-bond acceptors (Lipinski definition) is 6. The Morgan fingerprint density at radius 1 is 1.02 bits per heavy atom. The maximum Gasteiger partial charge on any atom is 0.328 e. The zero-order chi connectivity index (χ0) is 30.5. The van der Waals surface area contributed by atoms with E-state index in [1.807, 2.05) is 13.8 Å². The third-order valence-electron chi connectivity index (χ3n) is 8.11. The number of rotatable bonds is 10. The average molecular weight is 606 g/mol. The fraction of sp³-hybridized carbons (Fsp3) is 0.414. The van der Waals surface area contributed by atoms with Crippen LogP contribution in [0.2, 0.25) is 10.0 Å². The Labute approximate surface area is 248 Å². The van der Waals surface area contributed by atoms with Crippen molar-refractivity contribution in [3.63, 3.8) is 0 Å². The molecule has 2 aromatic rings. The van der Waals surface area contributed by atoms with Gasteiger partial charge in [-0.05, 0) is 48.1 Å². The molecule has 1 unspecified atom stereocenters. The highest BCUT2D eigenvalue weighted by Gasteiger charge is 2.58. The van der Waals surface area contributed by atoms with Crippen molar-refractivity contribution in [3.05, 3.63) is 63.6 Å². The molecule has 0 bridgehead atoms.